The number of carbonyl (C=O) groups is 1. The maximum Gasteiger partial charge on any atom is 0.420 e. The summed E-state index contributed by atoms with van der Waals surface area (Å²) in [5.74, 6) is 0.927. The van der Waals surface area contributed by atoms with Crippen LogP contribution in [0, 0.1) is 11.7 Å². The zero-order chi connectivity index (χ0) is 25.0. The first-order valence-electron chi connectivity index (χ1n) is 11.0. The molecule has 0 saturated heterocycles. The molecule has 1 heterocycles. The number of nitrogens with zero attached hydrogens (tertiary/aromatic N) is 2. The van der Waals surface area contributed by atoms with E-state index in [-0.39, 0.29) is 10.8 Å². The first kappa shape index (κ1) is 25.4. The first-order valence-corrected chi connectivity index (χ1v) is 12.5. The van der Waals surface area contributed by atoms with Crippen LogP contribution in [0.25, 0.3) is 11.1 Å². The lowest BCUT2D eigenvalue weighted by Crippen LogP contribution is -2.30. The fourth-order valence-corrected chi connectivity index (χ4v) is 4.95. The molecule has 9 heteroatoms. The SMILES string of the molecule is COC(=O)NS(=O)(=O)c1ccc(CC(C)C)cc1-c1ccc(Cn2ccnc2C(C)C)c(F)c1. The highest BCUT2D eigenvalue weighted by Crippen LogP contribution is 2.31. The summed E-state index contributed by atoms with van der Waals surface area (Å²) in [5, 5.41) is 0. The van der Waals surface area contributed by atoms with Gasteiger partial charge in [0, 0.05) is 29.4 Å². The summed E-state index contributed by atoms with van der Waals surface area (Å²) < 4.78 is 49.2. The molecule has 1 aromatic heterocycles. The number of nitrogens with one attached hydrogen (secondary N) is 1. The van der Waals surface area contributed by atoms with Gasteiger partial charge in [-0.1, -0.05) is 45.9 Å². The van der Waals surface area contributed by atoms with E-state index in [2.05, 4.69) is 23.6 Å². The molecule has 3 rings (SSSR count). The Bertz CT molecular complexity index is 1280. The van der Waals surface area contributed by atoms with E-state index in [1.165, 1.54) is 12.1 Å². The van der Waals surface area contributed by atoms with Gasteiger partial charge < -0.3 is 9.30 Å². The van der Waals surface area contributed by atoms with Gasteiger partial charge >= 0.3 is 6.09 Å². The standard InChI is InChI=1S/C25H30FN3O4S/c1-16(2)12-18-6-9-23(34(31,32)28-25(30)33-5)21(13-18)19-7-8-20(22(26)14-19)15-29-11-10-27-24(29)17(3)4/h6-11,13-14,16-17H,12,15H2,1-5H3,(H,28,30). The highest BCUT2D eigenvalue weighted by molar-refractivity contribution is 7.90. The van der Waals surface area contributed by atoms with Gasteiger partial charge in [0.05, 0.1) is 18.6 Å². The number of hydrogen-bond acceptors (Lipinski definition) is 5. The number of halogens is 1. The van der Waals surface area contributed by atoms with Crippen molar-refractivity contribution in [2.75, 3.05) is 7.11 Å². The van der Waals surface area contributed by atoms with E-state index in [0.717, 1.165) is 24.9 Å². The van der Waals surface area contributed by atoms with E-state index in [4.69, 9.17) is 0 Å². The van der Waals surface area contributed by atoms with E-state index in [1.54, 1.807) is 36.7 Å². The van der Waals surface area contributed by atoms with Gasteiger partial charge in [0.1, 0.15) is 11.6 Å². The minimum absolute atomic E-state index is 0.130. The first-order chi connectivity index (χ1) is 16.0. The molecule has 7 nitrogen and oxygen atoms in total. The number of imidazole rings is 1. The van der Waals surface area contributed by atoms with E-state index in [9.17, 15) is 13.2 Å². The van der Waals surface area contributed by atoms with Crippen LogP contribution in [0.15, 0.2) is 53.7 Å². The molecule has 2 aromatic carbocycles. The van der Waals surface area contributed by atoms with Crippen molar-refractivity contribution in [1.82, 2.24) is 14.3 Å². The summed E-state index contributed by atoms with van der Waals surface area (Å²) in [5.41, 5.74) is 2.07. The topological polar surface area (TPSA) is 90.3 Å². The van der Waals surface area contributed by atoms with E-state index in [1.807, 2.05) is 23.1 Å². The van der Waals surface area contributed by atoms with Crippen molar-refractivity contribution in [3.8, 4) is 11.1 Å². The summed E-state index contributed by atoms with van der Waals surface area (Å²) >= 11 is 0. The Morgan fingerprint density at radius 3 is 2.50 bits per heavy atom. The maximum absolute atomic E-state index is 15.2. The Labute approximate surface area is 200 Å². The third kappa shape index (κ3) is 5.83. The second-order valence-corrected chi connectivity index (χ2v) is 10.6. The molecule has 0 fully saturated rings. The second-order valence-electron chi connectivity index (χ2n) is 8.90. The zero-order valence-corrected chi connectivity index (χ0v) is 20.8. The Morgan fingerprint density at radius 2 is 1.88 bits per heavy atom. The van der Waals surface area contributed by atoms with Gasteiger partial charge in [0.15, 0.2) is 0 Å². The summed E-state index contributed by atoms with van der Waals surface area (Å²) in [6, 6.07) is 9.53. The molecule has 0 aliphatic heterocycles. The average Bonchev–Trinajstić information content (AvgIpc) is 3.22. The van der Waals surface area contributed by atoms with Crippen LogP contribution in [0.3, 0.4) is 0 Å². The van der Waals surface area contributed by atoms with Gasteiger partial charge in [-0.15, -0.1) is 0 Å². The molecule has 0 saturated carbocycles. The van der Waals surface area contributed by atoms with Crippen molar-refractivity contribution in [1.29, 1.82) is 0 Å². The molecular formula is C25H30FN3O4S. The summed E-state index contributed by atoms with van der Waals surface area (Å²) in [6.07, 6.45) is 3.12. The summed E-state index contributed by atoms with van der Waals surface area (Å²) in [6.45, 7) is 8.46. The molecule has 0 aliphatic rings. The van der Waals surface area contributed by atoms with Crippen molar-refractivity contribution in [2.24, 2.45) is 5.92 Å². The number of rotatable bonds is 8. The van der Waals surface area contributed by atoms with E-state index >= 15 is 4.39 Å². The molecule has 0 radical (unpaired) electrons. The molecule has 1 amide bonds. The number of amides is 1. The lowest BCUT2D eigenvalue weighted by Gasteiger charge is -2.15. The van der Waals surface area contributed by atoms with Crippen LogP contribution >= 0.6 is 0 Å². The fourth-order valence-electron chi connectivity index (χ4n) is 3.82. The van der Waals surface area contributed by atoms with Gasteiger partial charge in [-0.2, -0.15) is 0 Å². The molecule has 3 aromatic rings. The summed E-state index contributed by atoms with van der Waals surface area (Å²) in [7, 11) is -3.15. The van der Waals surface area contributed by atoms with Gasteiger partial charge in [-0.05, 0) is 41.7 Å². The van der Waals surface area contributed by atoms with Crippen LogP contribution in [0.5, 0.6) is 0 Å². The molecule has 1 N–H and O–H groups in total. The van der Waals surface area contributed by atoms with Crippen LogP contribution in [0.4, 0.5) is 9.18 Å². The maximum atomic E-state index is 15.2. The van der Waals surface area contributed by atoms with Crippen molar-refractivity contribution in [2.45, 2.75) is 51.5 Å². The molecular weight excluding hydrogens is 457 g/mol. The molecule has 34 heavy (non-hydrogen) atoms. The monoisotopic (exact) mass is 487 g/mol. The van der Waals surface area contributed by atoms with Crippen LogP contribution < -0.4 is 4.72 Å². The Kier molecular flexibility index (Phi) is 7.76. The van der Waals surface area contributed by atoms with Crippen molar-refractivity contribution in [3.05, 3.63) is 71.6 Å². The third-order valence-electron chi connectivity index (χ3n) is 5.35. The quantitative estimate of drug-likeness (QED) is 0.477. The summed E-state index contributed by atoms with van der Waals surface area (Å²) in [4.78, 5) is 15.8. The molecule has 0 unspecified atom stereocenters. The molecule has 0 spiro atoms. The minimum Gasteiger partial charge on any atom is -0.452 e. The van der Waals surface area contributed by atoms with Crippen molar-refractivity contribution >= 4 is 16.1 Å². The number of sulfonamides is 1. The van der Waals surface area contributed by atoms with Gasteiger partial charge in [0.25, 0.3) is 10.0 Å². The lowest BCUT2D eigenvalue weighted by molar-refractivity contribution is 0.177. The zero-order valence-electron chi connectivity index (χ0n) is 20.0. The highest BCUT2D eigenvalue weighted by Gasteiger charge is 2.23. The number of hydrogen-bond donors (Lipinski definition) is 1. The minimum atomic E-state index is -4.23. The number of ether oxygens (including phenoxy) is 1. The Morgan fingerprint density at radius 1 is 1.15 bits per heavy atom. The van der Waals surface area contributed by atoms with E-state index < -0.39 is 21.9 Å². The number of carbonyl (C=O) groups excluding carboxylic acids is 1. The second kappa shape index (κ2) is 10.4. The number of benzene rings is 2. The van der Waals surface area contributed by atoms with Crippen LogP contribution in [-0.2, 0) is 27.7 Å². The van der Waals surface area contributed by atoms with Crippen molar-refractivity contribution < 1.29 is 22.3 Å². The molecule has 0 atom stereocenters. The normalized spacial score (nSPS) is 11.8. The number of aromatic nitrogens is 2. The lowest BCUT2D eigenvalue weighted by atomic mass is 9.97. The fraction of sp³-hybridized carbons (Fsp3) is 0.360. The largest absolute Gasteiger partial charge is 0.452 e. The van der Waals surface area contributed by atoms with E-state index in [0.29, 0.717) is 29.2 Å². The Hall–Kier alpha value is -3.20. The van der Waals surface area contributed by atoms with Gasteiger partial charge in [0.2, 0.25) is 0 Å². The third-order valence-corrected chi connectivity index (χ3v) is 6.72. The smallest absolute Gasteiger partial charge is 0.420 e. The van der Waals surface area contributed by atoms with Crippen LogP contribution in [0.1, 0.15) is 50.6 Å². The number of methoxy groups -OCH3 is 1. The highest BCUT2D eigenvalue weighted by atomic mass is 32.2. The van der Waals surface area contributed by atoms with Crippen LogP contribution in [-0.4, -0.2) is 31.2 Å². The van der Waals surface area contributed by atoms with Gasteiger partial charge in [-0.3, -0.25) is 0 Å². The molecule has 182 valence electrons. The molecule has 0 bridgehead atoms. The van der Waals surface area contributed by atoms with Crippen LogP contribution in [0.2, 0.25) is 0 Å². The van der Waals surface area contributed by atoms with Gasteiger partial charge in [-0.25, -0.2) is 27.3 Å². The van der Waals surface area contributed by atoms with Crippen molar-refractivity contribution in [3.63, 3.8) is 0 Å². The Balaban J connectivity index is 2.05. The predicted molar refractivity (Wildman–Crippen MR) is 129 cm³/mol. The molecule has 0 aliphatic carbocycles. The predicted octanol–water partition coefficient (Wildman–Crippen LogP) is 5.10. The average molecular weight is 488 g/mol.